The van der Waals surface area contributed by atoms with Crippen molar-refractivity contribution in [3.63, 3.8) is 0 Å². The van der Waals surface area contributed by atoms with E-state index in [9.17, 15) is 10.1 Å². The first-order valence-electron chi connectivity index (χ1n) is 6.11. The van der Waals surface area contributed by atoms with Crippen LogP contribution in [0, 0.1) is 10.1 Å². The molecule has 5 nitrogen and oxygen atoms in total. The Kier molecular flexibility index (Phi) is 6.24. The standard InChI is InChI=1S/C13H19BrN2O3/c1-10(2)19-7-6-15(3)13-5-4-12(16(17)18)8-11(13)9-14/h4-5,8,10H,6-7,9H2,1-3H3. The van der Waals surface area contributed by atoms with Gasteiger partial charge >= 0.3 is 0 Å². The lowest BCUT2D eigenvalue weighted by molar-refractivity contribution is -0.384. The van der Waals surface area contributed by atoms with Gasteiger partial charge in [-0.15, -0.1) is 0 Å². The van der Waals surface area contributed by atoms with Gasteiger partial charge in [0.2, 0.25) is 0 Å². The number of halogens is 1. The Bertz CT molecular complexity index is 438. The minimum absolute atomic E-state index is 0.116. The third-order valence-electron chi connectivity index (χ3n) is 2.71. The van der Waals surface area contributed by atoms with Gasteiger partial charge in [-0.1, -0.05) is 15.9 Å². The Morgan fingerprint density at radius 2 is 2.16 bits per heavy atom. The largest absolute Gasteiger partial charge is 0.377 e. The van der Waals surface area contributed by atoms with Gasteiger partial charge in [0.25, 0.3) is 5.69 Å². The van der Waals surface area contributed by atoms with E-state index in [0.717, 1.165) is 17.8 Å². The Hall–Kier alpha value is -1.14. The zero-order valence-corrected chi connectivity index (χ0v) is 13.0. The molecule has 0 aliphatic carbocycles. The first-order valence-corrected chi connectivity index (χ1v) is 7.24. The normalized spacial score (nSPS) is 10.8. The van der Waals surface area contributed by atoms with Crippen molar-refractivity contribution >= 4 is 27.3 Å². The second kappa shape index (κ2) is 7.45. The van der Waals surface area contributed by atoms with Gasteiger partial charge in [0.05, 0.1) is 17.6 Å². The summed E-state index contributed by atoms with van der Waals surface area (Å²) in [6, 6.07) is 4.91. The molecule has 1 aromatic rings. The van der Waals surface area contributed by atoms with E-state index in [1.165, 1.54) is 6.07 Å². The highest BCUT2D eigenvalue weighted by Crippen LogP contribution is 2.26. The molecule has 106 valence electrons. The van der Waals surface area contributed by atoms with Crippen LogP contribution in [0.25, 0.3) is 0 Å². The van der Waals surface area contributed by atoms with Crippen LogP contribution in [0.4, 0.5) is 11.4 Å². The summed E-state index contributed by atoms with van der Waals surface area (Å²) in [5, 5.41) is 11.3. The number of ether oxygens (including phenoxy) is 1. The molecule has 0 N–H and O–H groups in total. The molecule has 0 aliphatic heterocycles. The maximum Gasteiger partial charge on any atom is 0.269 e. The van der Waals surface area contributed by atoms with E-state index in [2.05, 4.69) is 15.9 Å². The lowest BCUT2D eigenvalue weighted by Crippen LogP contribution is -2.24. The number of likely N-dealkylation sites (N-methyl/N-ethyl adjacent to an activating group) is 1. The molecule has 0 unspecified atom stereocenters. The monoisotopic (exact) mass is 330 g/mol. The first-order chi connectivity index (χ1) is 8.95. The number of hydrogen-bond acceptors (Lipinski definition) is 4. The molecule has 6 heteroatoms. The molecule has 0 spiro atoms. The average Bonchev–Trinajstić information content (AvgIpc) is 2.37. The number of non-ortho nitro benzene ring substituents is 1. The number of hydrogen-bond donors (Lipinski definition) is 0. The van der Waals surface area contributed by atoms with Crippen molar-refractivity contribution in [1.29, 1.82) is 0 Å². The second-order valence-corrected chi connectivity index (χ2v) is 5.11. The van der Waals surface area contributed by atoms with Crippen molar-refractivity contribution in [2.24, 2.45) is 0 Å². The predicted octanol–water partition coefficient (Wildman–Crippen LogP) is 3.35. The molecule has 0 aromatic heterocycles. The van der Waals surface area contributed by atoms with Crippen molar-refractivity contribution in [1.82, 2.24) is 0 Å². The highest BCUT2D eigenvalue weighted by atomic mass is 79.9. The molecule has 0 radical (unpaired) electrons. The zero-order chi connectivity index (χ0) is 14.4. The molecule has 19 heavy (non-hydrogen) atoms. The molecule has 1 aromatic carbocycles. The Balaban J connectivity index is 2.78. The highest BCUT2D eigenvalue weighted by Gasteiger charge is 2.12. The second-order valence-electron chi connectivity index (χ2n) is 4.54. The summed E-state index contributed by atoms with van der Waals surface area (Å²) in [4.78, 5) is 12.4. The third kappa shape index (κ3) is 4.80. The molecule has 0 atom stereocenters. The highest BCUT2D eigenvalue weighted by molar-refractivity contribution is 9.08. The molecule has 0 saturated heterocycles. The van der Waals surface area contributed by atoms with Gasteiger partial charge in [-0.2, -0.15) is 0 Å². The molecule has 0 bridgehead atoms. The summed E-state index contributed by atoms with van der Waals surface area (Å²) in [5.41, 5.74) is 2.00. The molecule has 1 rings (SSSR count). The Labute approximate surface area is 121 Å². The summed E-state index contributed by atoms with van der Waals surface area (Å²) in [7, 11) is 1.96. The van der Waals surface area contributed by atoms with Crippen LogP contribution >= 0.6 is 15.9 Å². The number of rotatable bonds is 7. The van der Waals surface area contributed by atoms with Crippen LogP contribution in [0.1, 0.15) is 19.4 Å². The van der Waals surface area contributed by atoms with Gasteiger partial charge in [-0.25, -0.2) is 0 Å². The van der Waals surface area contributed by atoms with Crippen LogP contribution < -0.4 is 4.90 Å². The van der Waals surface area contributed by atoms with Gasteiger partial charge in [0, 0.05) is 36.7 Å². The van der Waals surface area contributed by atoms with Gasteiger partial charge in [-0.05, 0) is 25.5 Å². The molecular formula is C13H19BrN2O3. The minimum Gasteiger partial charge on any atom is -0.377 e. The topological polar surface area (TPSA) is 55.6 Å². The number of nitrogens with zero attached hydrogens (tertiary/aromatic N) is 2. The van der Waals surface area contributed by atoms with E-state index in [-0.39, 0.29) is 16.7 Å². The van der Waals surface area contributed by atoms with Gasteiger partial charge in [0.1, 0.15) is 0 Å². The summed E-state index contributed by atoms with van der Waals surface area (Å²) >= 11 is 3.37. The van der Waals surface area contributed by atoms with Crippen LogP contribution in [0.3, 0.4) is 0 Å². The van der Waals surface area contributed by atoms with Crippen molar-refractivity contribution < 1.29 is 9.66 Å². The van der Waals surface area contributed by atoms with Gasteiger partial charge < -0.3 is 9.64 Å². The molecule has 0 aliphatic rings. The zero-order valence-electron chi connectivity index (χ0n) is 11.4. The van der Waals surface area contributed by atoms with E-state index in [0.29, 0.717) is 11.9 Å². The quantitative estimate of drug-likeness (QED) is 0.437. The Morgan fingerprint density at radius 3 is 2.68 bits per heavy atom. The number of alkyl halides is 1. The van der Waals surface area contributed by atoms with Crippen molar-refractivity contribution in [2.75, 3.05) is 25.1 Å². The summed E-state index contributed by atoms with van der Waals surface area (Å²) in [5.74, 6) is 0. The van der Waals surface area contributed by atoms with Crippen LogP contribution in [0.15, 0.2) is 18.2 Å². The molecule has 0 fully saturated rings. The average molecular weight is 331 g/mol. The van der Waals surface area contributed by atoms with E-state index in [1.54, 1.807) is 12.1 Å². The number of benzene rings is 1. The van der Waals surface area contributed by atoms with Crippen LogP contribution in [0.5, 0.6) is 0 Å². The number of anilines is 1. The smallest absolute Gasteiger partial charge is 0.269 e. The van der Waals surface area contributed by atoms with Gasteiger partial charge in [0.15, 0.2) is 0 Å². The molecule has 0 heterocycles. The summed E-state index contributed by atoms with van der Waals surface area (Å²) in [6.45, 7) is 5.37. The third-order valence-corrected chi connectivity index (χ3v) is 3.31. The lowest BCUT2D eigenvalue weighted by atomic mass is 10.1. The van der Waals surface area contributed by atoms with E-state index >= 15 is 0 Å². The fourth-order valence-electron chi connectivity index (χ4n) is 1.71. The van der Waals surface area contributed by atoms with Crippen LogP contribution in [-0.4, -0.2) is 31.2 Å². The van der Waals surface area contributed by atoms with Crippen LogP contribution in [-0.2, 0) is 10.1 Å². The lowest BCUT2D eigenvalue weighted by Gasteiger charge is -2.22. The van der Waals surface area contributed by atoms with E-state index in [1.807, 2.05) is 25.8 Å². The number of nitro benzene ring substituents is 1. The summed E-state index contributed by atoms with van der Waals surface area (Å²) in [6.07, 6.45) is 0.209. The van der Waals surface area contributed by atoms with E-state index in [4.69, 9.17) is 4.74 Å². The van der Waals surface area contributed by atoms with Crippen molar-refractivity contribution in [3.8, 4) is 0 Å². The Morgan fingerprint density at radius 1 is 1.47 bits per heavy atom. The van der Waals surface area contributed by atoms with Crippen LogP contribution in [0.2, 0.25) is 0 Å². The SMILES string of the molecule is CC(C)OCCN(C)c1ccc([N+](=O)[O-])cc1CBr. The molecular weight excluding hydrogens is 312 g/mol. The fourth-order valence-corrected chi connectivity index (χ4v) is 2.16. The maximum atomic E-state index is 10.8. The van der Waals surface area contributed by atoms with E-state index < -0.39 is 0 Å². The molecule has 0 saturated carbocycles. The molecule has 0 amide bonds. The fraction of sp³-hybridized carbons (Fsp3) is 0.538. The maximum absolute atomic E-state index is 10.8. The van der Waals surface area contributed by atoms with Crippen molar-refractivity contribution in [3.05, 3.63) is 33.9 Å². The number of nitro groups is 1. The summed E-state index contributed by atoms with van der Waals surface area (Å²) < 4.78 is 5.51. The predicted molar refractivity (Wildman–Crippen MR) is 80.1 cm³/mol. The van der Waals surface area contributed by atoms with Crippen molar-refractivity contribution in [2.45, 2.75) is 25.3 Å². The minimum atomic E-state index is -0.377. The van der Waals surface area contributed by atoms with Gasteiger partial charge in [-0.3, -0.25) is 10.1 Å². The first kappa shape index (κ1) is 15.9.